The lowest BCUT2D eigenvalue weighted by molar-refractivity contribution is -0.121. The van der Waals surface area contributed by atoms with Crippen LogP contribution < -0.4 is 16.6 Å². The van der Waals surface area contributed by atoms with Gasteiger partial charge >= 0.3 is 5.69 Å². The Morgan fingerprint density at radius 2 is 1.61 bits per heavy atom. The first kappa shape index (κ1) is 22.4. The number of halogens is 3. The predicted molar refractivity (Wildman–Crippen MR) is 121 cm³/mol. The zero-order valence-electron chi connectivity index (χ0n) is 17.2. The molecule has 1 heterocycles. The van der Waals surface area contributed by atoms with Gasteiger partial charge in [0, 0.05) is 6.54 Å². The fraction of sp³-hybridized carbons (Fsp3) is 0.125. The summed E-state index contributed by atoms with van der Waals surface area (Å²) in [5, 5.41) is 2.88. The second kappa shape index (κ2) is 9.38. The number of fused-ring (bicyclic) bond motifs is 1. The van der Waals surface area contributed by atoms with E-state index in [0.29, 0.717) is 16.6 Å². The van der Waals surface area contributed by atoms with Gasteiger partial charge in [-0.25, -0.2) is 13.6 Å². The molecule has 1 aromatic heterocycles. The largest absolute Gasteiger partial charge is 0.350 e. The van der Waals surface area contributed by atoms with Crippen LogP contribution in [0, 0.1) is 11.6 Å². The number of benzene rings is 3. The summed E-state index contributed by atoms with van der Waals surface area (Å²) in [5.41, 5.74) is 0.312. The SMILES string of the molecule is O=C(Cn1c(=O)n(Cc2ccc(F)cc2)c(=O)c2ccccc21)NCc1ccc(F)c(Cl)c1. The Bertz CT molecular complexity index is 1460. The molecule has 0 radical (unpaired) electrons. The number of rotatable bonds is 6. The van der Waals surface area contributed by atoms with Crippen molar-refractivity contribution >= 4 is 28.4 Å². The highest BCUT2D eigenvalue weighted by molar-refractivity contribution is 6.30. The smallest absolute Gasteiger partial charge is 0.332 e. The van der Waals surface area contributed by atoms with Gasteiger partial charge < -0.3 is 5.32 Å². The van der Waals surface area contributed by atoms with Gasteiger partial charge in [-0.3, -0.25) is 18.7 Å². The van der Waals surface area contributed by atoms with Gasteiger partial charge in [0.05, 0.1) is 22.5 Å². The Balaban J connectivity index is 1.65. The van der Waals surface area contributed by atoms with Crippen molar-refractivity contribution in [1.82, 2.24) is 14.5 Å². The van der Waals surface area contributed by atoms with Gasteiger partial charge in [-0.2, -0.15) is 0 Å². The van der Waals surface area contributed by atoms with Crippen molar-refractivity contribution in [3.05, 3.63) is 115 Å². The minimum atomic E-state index is -0.664. The van der Waals surface area contributed by atoms with Gasteiger partial charge in [0.25, 0.3) is 5.56 Å². The minimum Gasteiger partial charge on any atom is -0.350 e. The number of nitrogens with one attached hydrogen (secondary N) is 1. The van der Waals surface area contributed by atoms with Crippen LogP contribution >= 0.6 is 11.6 Å². The average molecular weight is 470 g/mol. The number of hydrogen-bond donors (Lipinski definition) is 1. The maximum atomic E-state index is 13.3. The first-order valence-corrected chi connectivity index (χ1v) is 10.4. The summed E-state index contributed by atoms with van der Waals surface area (Å²) in [4.78, 5) is 38.8. The van der Waals surface area contributed by atoms with Crippen molar-refractivity contribution in [2.24, 2.45) is 0 Å². The molecule has 6 nitrogen and oxygen atoms in total. The Labute approximate surface area is 191 Å². The van der Waals surface area contributed by atoms with E-state index in [1.807, 2.05) is 0 Å². The lowest BCUT2D eigenvalue weighted by atomic mass is 10.2. The number of hydrogen-bond acceptors (Lipinski definition) is 3. The van der Waals surface area contributed by atoms with E-state index < -0.39 is 28.8 Å². The highest BCUT2D eigenvalue weighted by atomic mass is 35.5. The zero-order chi connectivity index (χ0) is 23.5. The highest BCUT2D eigenvalue weighted by Gasteiger charge is 2.16. The molecule has 0 unspecified atom stereocenters. The van der Waals surface area contributed by atoms with Crippen molar-refractivity contribution in [1.29, 1.82) is 0 Å². The monoisotopic (exact) mass is 469 g/mol. The van der Waals surface area contributed by atoms with Gasteiger partial charge in [0.1, 0.15) is 18.2 Å². The molecule has 0 saturated carbocycles. The first-order valence-electron chi connectivity index (χ1n) is 10.0. The lowest BCUT2D eigenvalue weighted by Gasteiger charge is -2.14. The van der Waals surface area contributed by atoms with E-state index in [4.69, 9.17) is 11.6 Å². The van der Waals surface area contributed by atoms with Gasteiger partial charge in [0.2, 0.25) is 5.91 Å². The lowest BCUT2D eigenvalue weighted by Crippen LogP contribution is -2.42. The summed E-state index contributed by atoms with van der Waals surface area (Å²) in [6.07, 6.45) is 0. The summed E-state index contributed by atoms with van der Waals surface area (Å²) in [6.45, 7) is -0.322. The fourth-order valence-corrected chi connectivity index (χ4v) is 3.69. The van der Waals surface area contributed by atoms with Crippen LogP contribution in [-0.4, -0.2) is 15.0 Å². The van der Waals surface area contributed by atoms with Crippen LogP contribution in [-0.2, 0) is 24.4 Å². The molecule has 4 rings (SSSR count). The van der Waals surface area contributed by atoms with E-state index in [1.165, 1.54) is 47.0 Å². The van der Waals surface area contributed by atoms with Gasteiger partial charge in [-0.1, -0.05) is 41.9 Å². The highest BCUT2D eigenvalue weighted by Crippen LogP contribution is 2.16. The van der Waals surface area contributed by atoms with Crippen molar-refractivity contribution in [3.63, 3.8) is 0 Å². The van der Waals surface area contributed by atoms with Crippen LogP contribution in [0.25, 0.3) is 10.9 Å². The van der Waals surface area contributed by atoms with Crippen LogP contribution in [0.5, 0.6) is 0 Å². The number of aromatic nitrogens is 2. The maximum Gasteiger partial charge on any atom is 0.332 e. The quantitative estimate of drug-likeness (QED) is 0.470. The molecule has 1 N–H and O–H groups in total. The van der Waals surface area contributed by atoms with E-state index in [0.717, 1.165) is 4.57 Å². The number of carbonyl (C=O) groups excluding carboxylic acids is 1. The molecule has 0 bridgehead atoms. The number of nitrogens with zero attached hydrogens (tertiary/aromatic N) is 2. The summed E-state index contributed by atoms with van der Waals surface area (Å²) in [6, 6.07) is 16.1. The molecule has 33 heavy (non-hydrogen) atoms. The first-order chi connectivity index (χ1) is 15.8. The number of carbonyl (C=O) groups is 1. The second-order valence-electron chi connectivity index (χ2n) is 7.43. The number of amides is 1. The van der Waals surface area contributed by atoms with Crippen LogP contribution in [0.3, 0.4) is 0 Å². The molecular formula is C24H18ClF2N3O3. The van der Waals surface area contributed by atoms with E-state index in [9.17, 15) is 23.2 Å². The van der Waals surface area contributed by atoms with Gasteiger partial charge in [0.15, 0.2) is 0 Å². The summed E-state index contributed by atoms with van der Waals surface area (Å²) < 4.78 is 28.8. The molecular weight excluding hydrogens is 452 g/mol. The standard InChI is InChI=1S/C24H18ClF2N3O3/c25-19-11-16(7-10-20(19)27)12-28-22(31)14-29-21-4-2-1-3-18(21)23(32)30(24(29)33)13-15-5-8-17(26)9-6-15/h1-11H,12-14H2,(H,28,31). The van der Waals surface area contributed by atoms with Crippen LogP contribution in [0.1, 0.15) is 11.1 Å². The number of para-hydroxylation sites is 1. The van der Waals surface area contributed by atoms with E-state index >= 15 is 0 Å². The molecule has 0 atom stereocenters. The fourth-order valence-electron chi connectivity index (χ4n) is 3.49. The molecule has 0 aliphatic rings. The molecule has 3 aromatic carbocycles. The molecule has 168 valence electrons. The third-order valence-electron chi connectivity index (χ3n) is 5.16. The Morgan fingerprint density at radius 3 is 2.33 bits per heavy atom. The Morgan fingerprint density at radius 1 is 0.909 bits per heavy atom. The molecule has 0 aliphatic heterocycles. The topological polar surface area (TPSA) is 73.1 Å². The predicted octanol–water partition coefficient (Wildman–Crippen LogP) is 3.46. The molecule has 4 aromatic rings. The van der Waals surface area contributed by atoms with Gasteiger partial charge in [-0.15, -0.1) is 0 Å². The molecule has 0 fully saturated rings. The van der Waals surface area contributed by atoms with Crippen LogP contribution in [0.15, 0.2) is 76.3 Å². The van der Waals surface area contributed by atoms with Crippen molar-refractivity contribution < 1.29 is 13.6 Å². The molecule has 9 heteroatoms. The molecule has 0 saturated heterocycles. The van der Waals surface area contributed by atoms with E-state index in [2.05, 4.69) is 5.32 Å². The zero-order valence-corrected chi connectivity index (χ0v) is 18.0. The van der Waals surface area contributed by atoms with Crippen molar-refractivity contribution in [2.45, 2.75) is 19.6 Å². The maximum absolute atomic E-state index is 13.3. The summed E-state index contributed by atoms with van der Waals surface area (Å²) in [5.74, 6) is -1.47. The summed E-state index contributed by atoms with van der Waals surface area (Å²) >= 11 is 5.77. The van der Waals surface area contributed by atoms with Crippen molar-refractivity contribution in [3.8, 4) is 0 Å². The van der Waals surface area contributed by atoms with E-state index in [-0.39, 0.29) is 30.0 Å². The second-order valence-corrected chi connectivity index (χ2v) is 7.84. The summed E-state index contributed by atoms with van der Waals surface area (Å²) in [7, 11) is 0. The average Bonchev–Trinajstić information content (AvgIpc) is 2.81. The van der Waals surface area contributed by atoms with Crippen molar-refractivity contribution in [2.75, 3.05) is 0 Å². The van der Waals surface area contributed by atoms with Crippen LogP contribution in [0.4, 0.5) is 8.78 Å². The molecule has 1 amide bonds. The third kappa shape index (κ3) is 4.85. The Kier molecular flexibility index (Phi) is 6.37. The third-order valence-corrected chi connectivity index (χ3v) is 5.45. The molecule has 0 spiro atoms. The Hall–Kier alpha value is -3.78. The molecule has 0 aliphatic carbocycles. The normalized spacial score (nSPS) is 11.0. The van der Waals surface area contributed by atoms with E-state index in [1.54, 1.807) is 24.3 Å². The van der Waals surface area contributed by atoms with Gasteiger partial charge in [-0.05, 0) is 47.5 Å². The minimum absolute atomic E-state index is 0.0585. The van der Waals surface area contributed by atoms with Crippen LogP contribution in [0.2, 0.25) is 5.02 Å².